The molecular weight excluding hydrogens is 416 g/mol. The van der Waals surface area contributed by atoms with E-state index in [1.165, 1.54) is 24.3 Å². The van der Waals surface area contributed by atoms with E-state index in [2.05, 4.69) is 12.1 Å². The third-order valence-corrected chi connectivity index (χ3v) is 5.82. The molecule has 4 heteroatoms. The Balaban J connectivity index is 1.54. The van der Waals surface area contributed by atoms with Crippen LogP contribution in [0.2, 0.25) is 0 Å². The highest BCUT2D eigenvalue weighted by atomic mass is 19.1. The lowest BCUT2D eigenvalue weighted by Gasteiger charge is -2.10. The molecule has 6 rings (SSSR count). The predicted molar refractivity (Wildman–Crippen MR) is 128 cm³/mol. The lowest BCUT2D eigenvalue weighted by Crippen LogP contribution is -1.91. The average molecular weight is 433 g/mol. The van der Waals surface area contributed by atoms with Crippen molar-refractivity contribution in [3.8, 4) is 33.6 Å². The molecule has 0 saturated heterocycles. The molecule has 2 heterocycles. The highest BCUT2D eigenvalue weighted by Crippen LogP contribution is 2.35. The Morgan fingerprint density at radius 2 is 1.03 bits per heavy atom. The number of aromatic nitrogens is 1. The quantitative estimate of drug-likeness (QED) is 0.281. The summed E-state index contributed by atoms with van der Waals surface area (Å²) in [6, 6.07) is 30.6. The van der Waals surface area contributed by atoms with E-state index >= 15 is 0 Å². The molecule has 0 aliphatic heterocycles. The SMILES string of the molecule is Fc1ccc(-c2cc(-c3ccc4c(c3)oc3ccccc34)cc(-c3ccc(F)cc3)n2)cc1. The number of pyridine rings is 1. The van der Waals surface area contributed by atoms with E-state index in [9.17, 15) is 8.78 Å². The van der Waals surface area contributed by atoms with Crippen LogP contribution in [-0.2, 0) is 0 Å². The predicted octanol–water partition coefficient (Wildman–Crippen LogP) is 8.26. The first-order valence-electron chi connectivity index (χ1n) is 10.6. The van der Waals surface area contributed by atoms with Crippen molar-refractivity contribution >= 4 is 21.9 Å². The maximum absolute atomic E-state index is 13.5. The lowest BCUT2D eigenvalue weighted by molar-refractivity contribution is 0.627. The molecular formula is C29H17F2NO. The summed E-state index contributed by atoms with van der Waals surface area (Å²) in [7, 11) is 0. The first-order chi connectivity index (χ1) is 16.1. The van der Waals surface area contributed by atoms with Gasteiger partial charge in [-0.1, -0.05) is 24.3 Å². The maximum Gasteiger partial charge on any atom is 0.136 e. The second kappa shape index (κ2) is 7.68. The Morgan fingerprint density at radius 1 is 0.485 bits per heavy atom. The molecule has 0 atom stereocenters. The van der Waals surface area contributed by atoms with Crippen LogP contribution in [0.1, 0.15) is 0 Å². The molecule has 2 aromatic heterocycles. The molecule has 158 valence electrons. The molecule has 0 aliphatic rings. The molecule has 6 aromatic rings. The molecule has 0 amide bonds. The first kappa shape index (κ1) is 19.4. The number of rotatable bonds is 3. The van der Waals surface area contributed by atoms with Crippen molar-refractivity contribution in [3.63, 3.8) is 0 Å². The van der Waals surface area contributed by atoms with E-state index < -0.39 is 0 Å². The number of para-hydroxylation sites is 1. The molecule has 0 saturated carbocycles. The molecule has 0 N–H and O–H groups in total. The van der Waals surface area contributed by atoms with Crippen LogP contribution in [0.25, 0.3) is 55.6 Å². The normalized spacial score (nSPS) is 11.3. The monoisotopic (exact) mass is 433 g/mol. The Hall–Kier alpha value is -4.31. The summed E-state index contributed by atoms with van der Waals surface area (Å²) in [5, 5.41) is 2.13. The molecule has 0 spiro atoms. The summed E-state index contributed by atoms with van der Waals surface area (Å²) in [5.74, 6) is -0.604. The van der Waals surface area contributed by atoms with E-state index in [-0.39, 0.29) is 11.6 Å². The van der Waals surface area contributed by atoms with Crippen molar-refractivity contribution in [3.05, 3.63) is 115 Å². The van der Waals surface area contributed by atoms with Gasteiger partial charge in [0.1, 0.15) is 22.8 Å². The van der Waals surface area contributed by atoms with Crippen LogP contribution in [0.4, 0.5) is 8.78 Å². The third-order valence-electron chi connectivity index (χ3n) is 5.82. The van der Waals surface area contributed by atoms with Crippen molar-refractivity contribution in [2.75, 3.05) is 0 Å². The van der Waals surface area contributed by atoms with Crippen LogP contribution in [0.15, 0.2) is 108 Å². The summed E-state index contributed by atoms with van der Waals surface area (Å²) in [6.45, 7) is 0. The standard InChI is InChI=1S/C29H17F2NO/c30-22-10-5-18(6-11-22)26-15-21(16-27(32-26)19-7-12-23(31)13-8-19)20-9-14-25-24-3-1-2-4-28(24)33-29(25)17-20/h1-17H. The Bertz CT molecular complexity index is 1550. The summed E-state index contributed by atoms with van der Waals surface area (Å²) >= 11 is 0. The highest BCUT2D eigenvalue weighted by Gasteiger charge is 2.12. The minimum atomic E-state index is -0.302. The molecule has 33 heavy (non-hydrogen) atoms. The first-order valence-corrected chi connectivity index (χ1v) is 10.6. The summed E-state index contributed by atoms with van der Waals surface area (Å²) in [4.78, 5) is 4.79. The topological polar surface area (TPSA) is 26.0 Å². The van der Waals surface area contributed by atoms with Gasteiger partial charge in [0.25, 0.3) is 0 Å². The third kappa shape index (κ3) is 3.56. The Kier molecular flexibility index (Phi) is 4.51. The van der Waals surface area contributed by atoms with Crippen LogP contribution in [0, 0.1) is 11.6 Å². The number of hydrogen-bond acceptors (Lipinski definition) is 2. The van der Waals surface area contributed by atoms with Gasteiger partial charge in [-0.2, -0.15) is 0 Å². The van der Waals surface area contributed by atoms with Crippen LogP contribution >= 0.6 is 0 Å². The summed E-state index contributed by atoms with van der Waals surface area (Å²) in [6.07, 6.45) is 0. The van der Waals surface area contributed by atoms with E-state index in [0.717, 1.165) is 44.2 Å². The van der Waals surface area contributed by atoms with Crippen LogP contribution in [0.5, 0.6) is 0 Å². The van der Waals surface area contributed by atoms with Crippen LogP contribution in [0.3, 0.4) is 0 Å². The molecule has 0 fully saturated rings. The van der Waals surface area contributed by atoms with Gasteiger partial charge in [-0.15, -0.1) is 0 Å². The minimum absolute atomic E-state index is 0.302. The second-order valence-corrected chi connectivity index (χ2v) is 7.95. The van der Waals surface area contributed by atoms with Crippen molar-refractivity contribution in [2.24, 2.45) is 0 Å². The zero-order valence-corrected chi connectivity index (χ0v) is 17.4. The van der Waals surface area contributed by atoms with Gasteiger partial charge in [0, 0.05) is 21.9 Å². The zero-order valence-electron chi connectivity index (χ0n) is 17.4. The van der Waals surface area contributed by atoms with Gasteiger partial charge in [0.2, 0.25) is 0 Å². The maximum atomic E-state index is 13.5. The van der Waals surface area contributed by atoms with Crippen molar-refractivity contribution in [1.82, 2.24) is 4.98 Å². The van der Waals surface area contributed by atoms with E-state index in [1.807, 2.05) is 42.5 Å². The van der Waals surface area contributed by atoms with E-state index in [4.69, 9.17) is 9.40 Å². The van der Waals surface area contributed by atoms with Crippen LogP contribution in [-0.4, -0.2) is 4.98 Å². The van der Waals surface area contributed by atoms with Crippen molar-refractivity contribution < 1.29 is 13.2 Å². The molecule has 0 bridgehead atoms. The van der Waals surface area contributed by atoms with Crippen LogP contribution < -0.4 is 0 Å². The fraction of sp³-hybridized carbons (Fsp3) is 0. The number of fused-ring (bicyclic) bond motifs is 3. The molecule has 0 unspecified atom stereocenters. The molecule has 0 radical (unpaired) electrons. The van der Waals surface area contributed by atoms with Crippen molar-refractivity contribution in [2.45, 2.75) is 0 Å². The zero-order chi connectivity index (χ0) is 22.4. The Morgan fingerprint density at radius 3 is 1.67 bits per heavy atom. The van der Waals surface area contributed by atoms with E-state index in [0.29, 0.717) is 11.4 Å². The average Bonchev–Trinajstić information content (AvgIpc) is 3.22. The van der Waals surface area contributed by atoms with Gasteiger partial charge in [0.05, 0.1) is 11.4 Å². The van der Waals surface area contributed by atoms with Gasteiger partial charge in [0.15, 0.2) is 0 Å². The number of nitrogens with zero attached hydrogens (tertiary/aromatic N) is 1. The largest absolute Gasteiger partial charge is 0.456 e. The molecule has 0 aliphatic carbocycles. The summed E-state index contributed by atoms with van der Waals surface area (Å²) < 4.78 is 33.1. The molecule has 2 nitrogen and oxygen atoms in total. The Labute approximate surface area is 188 Å². The highest BCUT2D eigenvalue weighted by molar-refractivity contribution is 6.05. The fourth-order valence-electron chi connectivity index (χ4n) is 4.14. The summed E-state index contributed by atoms with van der Waals surface area (Å²) in [5.41, 5.74) is 6.56. The second-order valence-electron chi connectivity index (χ2n) is 7.95. The fourth-order valence-corrected chi connectivity index (χ4v) is 4.14. The van der Waals surface area contributed by atoms with Gasteiger partial charge < -0.3 is 4.42 Å². The number of furan rings is 1. The smallest absolute Gasteiger partial charge is 0.136 e. The number of benzene rings is 4. The number of halogens is 2. The van der Waals surface area contributed by atoms with Gasteiger partial charge >= 0.3 is 0 Å². The lowest BCUT2D eigenvalue weighted by atomic mass is 9.99. The minimum Gasteiger partial charge on any atom is -0.456 e. The number of hydrogen-bond donors (Lipinski definition) is 0. The molecule has 4 aromatic carbocycles. The van der Waals surface area contributed by atoms with Gasteiger partial charge in [-0.05, 0) is 90.0 Å². The van der Waals surface area contributed by atoms with Gasteiger partial charge in [-0.25, -0.2) is 13.8 Å². The van der Waals surface area contributed by atoms with Crippen molar-refractivity contribution in [1.29, 1.82) is 0 Å². The van der Waals surface area contributed by atoms with E-state index in [1.54, 1.807) is 24.3 Å². The van der Waals surface area contributed by atoms with Gasteiger partial charge in [-0.3, -0.25) is 0 Å².